The molecule has 2 aromatic rings. The minimum atomic E-state index is -3.47. The second kappa shape index (κ2) is 9.60. The van der Waals surface area contributed by atoms with E-state index in [4.69, 9.17) is 11.6 Å². The zero-order valence-electron chi connectivity index (χ0n) is 17.7. The molecule has 7 nitrogen and oxygen atoms in total. The average molecular weight is 476 g/mol. The Kier molecular flexibility index (Phi) is 6.83. The lowest BCUT2D eigenvalue weighted by Crippen LogP contribution is -2.41. The molecule has 0 atom stereocenters. The Hall–Kier alpha value is -2.42. The summed E-state index contributed by atoms with van der Waals surface area (Å²) in [5.74, 6) is -0.329. The molecule has 1 N–H and O–H groups in total. The molecule has 0 radical (unpaired) electrons. The molecule has 0 aliphatic carbocycles. The van der Waals surface area contributed by atoms with Crippen molar-refractivity contribution < 1.29 is 18.0 Å². The Morgan fingerprint density at radius 2 is 1.78 bits per heavy atom. The van der Waals surface area contributed by atoms with E-state index in [0.717, 1.165) is 18.7 Å². The van der Waals surface area contributed by atoms with Crippen LogP contribution in [0.2, 0.25) is 5.02 Å². The monoisotopic (exact) mass is 475 g/mol. The van der Waals surface area contributed by atoms with Gasteiger partial charge in [0.1, 0.15) is 0 Å². The molecule has 2 fully saturated rings. The summed E-state index contributed by atoms with van der Waals surface area (Å²) >= 11 is 5.96. The van der Waals surface area contributed by atoms with Crippen molar-refractivity contribution in [2.24, 2.45) is 5.92 Å². The first-order chi connectivity index (χ1) is 15.3. The molecule has 2 saturated heterocycles. The van der Waals surface area contributed by atoms with E-state index >= 15 is 0 Å². The highest BCUT2D eigenvalue weighted by atomic mass is 35.5. The second-order valence-electron chi connectivity index (χ2n) is 8.24. The first kappa shape index (κ1) is 22.8. The molecule has 2 aromatic carbocycles. The maximum Gasteiger partial charge on any atom is 0.227 e. The molecular weight excluding hydrogens is 450 g/mol. The van der Waals surface area contributed by atoms with Crippen molar-refractivity contribution in [3.8, 4) is 0 Å². The zero-order chi connectivity index (χ0) is 22.7. The maximum atomic E-state index is 12.8. The first-order valence-corrected chi connectivity index (χ1v) is 12.7. The lowest BCUT2D eigenvalue weighted by atomic mass is 9.97. The van der Waals surface area contributed by atoms with Crippen LogP contribution in [0.15, 0.2) is 48.5 Å². The summed E-state index contributed by atoms with van der Waals surface area (Å²) in [5.41, 5.74) is 2.15. The van der Waals surface area contributed by atoms with E-state index in [-0.39, 0.29) is 23.5 Å². The van der Waals surface area contributed by atoms with Gasteiger partial charge < -0.3 is 10.2 Å². The smallest absolute Gasteiger partial charge is 0.227 e. The van der Waals surface area contributed by atoms with E-state index in [0.29, 0.717) is 48.6 Å². The largest absolute Gasteiger partial charge is 0.326 e. The van der Waals surface area contributed by atoms with Gasteiger partial charge in [0.2, 0.25) is 21.8 Å². The lowest BCUT2D eigenvalue weighted by molar-refractivity contribution is -0.121. The minimum absolute atomic E-state index is 0.101. The molecular formula is C23H26ClN3O4S. The van der Waals surface area contributed by atoms with Crippen LogP contribution >= 0.6 is 11.6 Å². The van der Waals surface area contributed by atoms with E-state index in [1.807, 2.05) is 12.1 Å². The van der Waals surface area contributed by atoms with Gasteiger partial charge in [-0.1, -0.05) is 23.7 Å². The van der Waals surface area contributed by atoms with Crippen LogP contribution in [0.25, 0.3) is 0 Å². The predicted octanol–water partition coefficient (Wildman–Crippen LogP) is 3.65. The Morgan fingerprint density at radius 1 is 1.06 bits per heavy atom. The van der Waals surface area contributed by atoms with Gasteiger partial charge in [0, 0.05) is 48.4 Å². The third-order valence-electron chi connectivity index (χ3n) is 5.98. The Labute approximate surface area is 193 Å². The van der Waals surface area contributed by atoms with Crippen LogP contribution in [-0.2, 0) is 25.4 Å². The van der Waals surface area contributed by atoms with Crippen molar-refractivity contribution in [2.45, 2.75) is 31.4 Å². The van der Waals surface area contributed by atoms with Gasteiger partial charge in [0.15, 0.2) is 0 Å². The van der Waals surface area contributed by atoms with Gasteiger partial charge >= 0.3 is 0 Å². The van der Waals surface area contributed by atoms with Crippen molar-refractivity contribution in [1.29, 1.82) is 0 Å². The van der Waals surface area contributed by atoms with Gasteiger partial charge in [-0.25, -0.2) is 12.7 Å². The van der Waals surface area contributed by atoms with Crippen LogP contribution in [0.5, 0.6) is 0 Å². The number of amides is 2. The Balaban J connectivity index is 1.30. The quantitative estimate of drug-likeness (QED) is 0.690. The molecule has 0 bridgehead atoms. The van der Waals surface area contributed by atoms with Gasteiger partial charge in [0.25, 0.3) is 0 Å². The average Bonchev–Trinajstić information content (AvgIpc) is 3.20. The van der Waals surface area contributed by atoms with Crippen LogP contribution in [-0.4, -0.2) is 44.2 Å². The highest BCUT2D eigenvalue weighted by Gasteiger charge is 2.31. The summed E-state index contributed by atoms with van der Waals surface area (Å²) in [6.07, 6.45) is 2.39. The summed E-state index contributed by atoms with van der Waals surface area (Å²) in [4.78, 5) is 26.3. The third kappa shape index (κ3) is 5.31. The molecule has 32 heavy (non-hydrogen) atoms. The molecule has 4 rings (SSSR count). The van der Waals surface area contributed by atoms with E-state index in [2.05, 4.69) is 5.32 Å². The molecule has 170 valence electrons. The van der Waals surface area contributed by atoms with E-state index in [9.17, 15) is 18.0 Å². The zero-order valence-corrected chi connectivity index (χ0v) is 19.2. The molecule has 0 aromatic heterocycles. The van der Waals surface area contributed by atoms with Gasteiger partial charge in [0.05, 0.1) is 5.75 Å². The lowest BCUT2D eigenvalue weighted by Gasteiger charge is -2.30. The van der Waals surface area contributed by atoms with Crippen LogP contribution in [0.1, 0.15) is 31.2 Å². The number of nitrogens with zero attached hydrogens (tertiary/aromatic N) is 2. The number of halogens is 1. The maximum absolute atomic E-state index is 12.8. The topological polar surface area (TPSA) is 86.8 Å². The fourth-order valence-electron chi connectivity index (χ4n) is 4.21. The minimum Gasteiger partial charge on any atom is -0.326 e. The number of piperidine rings is 1. The normalized spacial score (nSPS) is 18.2. The molecule has 0 unspecified atom stereocenters. The van der Waals surface area contributed by atoms with Crippen molar-refractivity contribution in [3.05, 3.63) is 59.1 Å². The number of carbonyl (C=O) groups excluding carboxylic acids is 2. The number of sulfonamides is 1. The van der Waals surface area contributed by atoms with Crippen LogP contribution < -0.4 is 10.2 Å². The van der Waals surface area contributed by atoms with Crippen molar-refractivity contribution in [3.63, 3.8) is 0 Å². The molecule has 0 spiro atoms. The van der Waals surface area contributed by atoms with Gasteiger partial charge in [-0.3, -0.25) is 9.59 Å². The number of anilines is 2. The third-order valence-corrected chi connectivity index (χ3v) is 8.06. The number of hydrogen-bond donors (Lipinski definition) is 1. The van der Waals surface area contributed by atoms with Gasteiger partial charge in [-0.2, -0.15) is 0 Å². The number of rotatable bonds is 6. The van der Waals surface area contributed by atoms with Crippen LogP contribution in [0.4, 0.5) is 11.4 Å². The van der Waals surface area contributed by atoms with E-state index in [1.165, 1.54) is 4.31 Å². The highest BCUT2D eigenvalue weighted by molar-refractivity contribution is 7.88. The predicted molar refractivity (Wildman–Crippen MR) is 125 cm³/mol. The molecule has 0 saturated carbocycles. The Morgan fingerprint density at radius 3 is 2.41 bits per heavy atom. The van der Waals surface area contributed by atoms with Gasteiger partial charge in [-0.05, 0) is 61.2 Å². The highest BCUT2D eigenvalue weighted by Crippen LogP contribution is 2.26. The molecule has 2 aliphatic heterocycles. The van der Waals surface area contributed by atoms with Crippen molar-refractivity contribution in [2.75, 3.05) is 29.9 Å². The molecule has 9 heteroatoms. The van der Waals surface area contributed by atoms with Crippen LogP contribution in [0.3, 0.4) is 0 Å². The van der Waals surface area contributed by atoms with E-state index < -0.39 is 10.0 Å². The van der Waals surface area contributed by atoms with Crippen molar-refractivity contribution in [1.82, 2.24) is 4.31 Å². The van der Waals surface area contributed by atoms with Gasteiger partial charge in [-0.15, -0.1) is 0 Å². The number of carbonyl (C=O) groups is 2. The summed E-state index contributed by atoms with van der Waals surface area (Å²) < 4.78 is 27.0. The summed E-state index contributed by atoms with van der Waals surface area (Å²) in [6.45, 7) is 1.36. The summed E-state index contributed by atoms with van der Waals surface area (Å²) in [5, 5.41) is 3.42. The molecule has 2 aliphatic rings. The summed E-state index contributed by atoms with van der Waals surface area (Å²) in [7, 11) is -3.47. The Bertz CT molecular complexity index is 1100. The second-order valence-corrected chi connectivity index (χ2v) is 10.6. The van der Waals surface area contributed by atoms with Crippen molar-refractivity contribution >= 4 is 44.8 Å². The number of nitrogens with one attached hydrogen (secondary N) is 1. The van der Waals surface area contributed by atoms with E-state index in [1.54, 1.807) is 41.3 Å². The first-order valence-electron chi connectivity index (χ1n) is 10.8. The summed E-state index contributed by atoms with van der Waals surface area (Å²) in [6, 6.07) is 14.1. The molecule has 2 heterocycles. The number of benzene rings is 2. The standard InChI is InChI=1S/C23H26ClN3O4S/c24-19-4-1-3-17(15-19)16-32(30,31)26-13-10-18(11-14-26)23(29)25-20-6-8-21(9-7-20)27-12-2-5-22(27)28/h1,3-4,6-9,15,18H,2,5,10-14,16H2,(H,25,29). The SMILES string of the molecule is O=C(Nc1ccc(N2CCCC2=O)cc1)C1CCN(S(=O)(=O)Cc2cccc(Cl)c2)CC1. The fourth-order valence-corrected chi connectivity index (χ4v) is 5.98. The molecule has 2 amide bonds. The number of hydrogen-bond acceptors (Lipinski definition) is 4. The van der Waals surface area contributed by atoms with Crippen LogP contribution in [0, 0.1) is 5.92 Å². The fraction of sp³-hybridized carbons (Fsp3) is 0.391.